The van der Waals surface area contributed by atoms with Gasteiger partial charge in [0.2, 0.25) is 5.91 Å². The van der Waals surface area contributed by atoms with Crippen molar-refractivity contribution in [2.45, 2.75) is 13.0 Å². The minimum Gasteiger partial charge on any atom is -0.497 e. The Morgan fingerprint density at radius 2 is 2.30 bits per heavy atom. The fourth-order valence-corrected chi connectivity index (χ4v) is 2.39. The molecule has 20 heavy (non-hydrogen) atoms. The Morgan fingerprint density at radius 3 is 3.00 bits per heavy atom. The van der Waals surface area contributed by atoms with Crippen LogP contribution in [0.5, 0.6) is 5.75 Å². The Bertz CT molecular complexity index is 481. The van der Waals surface area contributed by atoms with Crippen LogP contribution in [0, 0.1) is 5.92 Å². The molecule has 1 fully saturated rings. The van der Waals surface area contributed by atoms with Gasteiger partial charge in [-0.2, -0.15) is 0 Å². The predicted octanol–water partition coefficient (Wildman–Crippen LogP) is 1.91. The molecule has 1 aliphatic heterocycles. The predicted molar refractivity (Wildman–Crippen MR) is 78.4 cm³/mol. The summed E-state index contributed by atoms with van der Waals surface area (Å²) in [6, 6.07) is 5.20. The molecule has 2 N–H and O–H groups in total. The highest BCUT2D eigenvalue weighted by Gasteiger charge is 2.33. The van der Waals surface area contributed by atoms with Gasteiger partial charge in [-0.1, -0.05) is 18.5 Å². The summed E-state index contributed by atoms with van der Waals surface area (Å²) >= 11 is 6.08. The molecule has 1 aliphatic rings. The van der Waals surface area contributed by atoms with E-state index in [1.165, 1.54) is 0 Å². The lowest BCUT2D eigenvalue weighted by atomic mass is 10.0. The van der Waals surface area contributed by atoms with E-state index in [1.807, 2.05) is 6.92 Å². The van der Waals surface area contributed by atoms with E-state index in [4.69, 9.17) is 21.1 Å². The van der Waals surface area contributed by atoms with E-state index in [-0.39, 0.29) is 17.9 Å². The number of likely N-dealkylation sites (N-methyl/N-ethyl adjacent to an activating group) is 1. The minimum absolute atomic E-state index is 0.0457. The second-order valence-electron chi connectivity index (χ2n) is 4.64. The van der Waals surface area contributed by atoms with Crippen molar-refractivity contribution in [3.63, 3.8) is 0 Å². The largest absolute Gasteiger partial charge is 0.497 e. The number of hydrogen-bond donors (Lipinski definition) is 2. The van der Waals surface area contributed by atoms with Crippen LogP contribution in [-0.4, -0.2) is 38.8 Å². The summed E-state index contributed by atoms with van der Waals surface area (Å²) in [5, 5.41) is 6.58. The lowest BCUT2D eigenvalue weighted by Gasteiger charge is -2.18. The Hall–Kier alpha value is -1.30. The van der Waals surface area contributed by atoms with Crippen molar-refractivity contribution in [3.8, 4) is 5.75 Å². The number of carbonyl (C=O) groups is 1. The van der Waals surface area contributed by atoms with Gasteiger partial charge in [0.15, 0.2) is 0 Å². The number of nitrogens with one attached hydrogen (secondary N) is 2. The van der Waals surface area contributed by atoms with Gasteiger partial charge in [0.25, 0.3) is 0 Å². The number of amides is 1. The van der Waals surface area contributed by atoms with Crippen LogP contribution in [0.3, 0.4) is 0 Å². The fourth-order valence-electron chi connectivity index (χ4n) is 2.23. The molecule has 0 aromatic heterocycles. The number of halogens is 1. The van der Waals surface area contributed by atoms with Crippen molar-refractivity contribution in [3.05, 3.63) is 23.2 Å². The molecule has 1 amide bonds. The van der Waals surface area contributed by atoms with Crippen molar-refractivity contribution < 1.29 is 14.3 Å². The molecule has 0 saturated carbocycles. The Balaban J connectivity index is 2.07. The third kappa shape index (κ3) is 3.42. The number of ether oxygens (including phenoxy) is 2. The lowest BCUT2D eigenvalue weighted by molar-refractivity contribution is -0.120. The van der Waals surface area contributed by atoms with Crippen LogP contribution in [0.1, 0.15) is 6.92 Å². The highest BCUT2D eigenvalue weighted by Crippen LogP contribution is 2.27. The van der Waals surface area contributed by atoms with Crippen LogP contribution in [0.4, 0.5) is 5.69 Å². The third-order valence-corrected chi connectivity index (χ3v) is 3.64. The maximum absolute atomic E-state index is 12.3. The van der Waals surface area contributed by atoms with Crippen LogP contribution < -0.4 is 15.4 Å². The van der Waals surface area contributed by atoms with Crippen LogP contribution in [0.15, 0.2) is 18.2 Å². The van der Waals surface area contributed by atoms with Gasteiger partial charge in [-0.05, 0) is 18.7 Å². The standard InChI is InChI=1S/C14H19ClN2O3/c1-3-16-13-8-20-7-10(13)14(18)17-12-6-9(19-2)4-5-11(12)15/h4-6,10,13,16H,3,7-8H2,1-2H3,(H,17,18). The summed E-state index contributed by atoms with van der Waals surface area (Å²) in [5.74, 6) is 0.344. The lowest BCUT2D eigenvalue weighted by Crippen LogP contribution is -2.41. The third-order valence-electron chi connectivity index (χ3n) is 3.32. The first-order chi connectivity index (χ1) is 9.65. The number of benzene rings is 1. The number of methoxy groups -OCH3 is 1. The first kappa shape index (κ1) is 15.1. The summed E-state index contributed by atoms with van der Waals surface area (Å²) in [7, 11) is 1.57. The average Bonchev–Trinajstić information content (AvgIpc) is 2.90. The van der Waals surface area contributed by atoms with Crippen molar-refractivity contribution in [2.75, 3.05) is 32.2 Å². The summed E-state index contributed by atoms with van der Waals surface area (Å²) in [4.78, 5) is 12.3. The van der Waals surface area contributed by atoms with Gasteiger partial charge in [-0.25, -0.2) is 0 Å². The van der Waals surface area contributed by atoms with Gasteiger partial charge in [0, 0.05) is 12.1 Å². The van der Waals surface area contributed by atoms with Crippen LogP contribution in [0.25, 0.3) is 0 Å². The van der Waals surface area contributed by atoms with Gasteiger partial charge in [-0.3, -0.25) is 4.79 Å². The molecule has 2 atom stereocenters. The van der Waals surface area contributed by atoms with Gasteiger partial charge in [-0.15, -0.1) is 0 Å². The maximum Gasteiger partial charge on any atom is 0.231 e. The molecule has 6 heteroatoms. The van der Waals surface area contributed by atoms with E-state index < -0.39 is 0 Å². The van der Waals surface area contributed by atoms with E-state index in [0.717, 1.165) is 6.54 Å². The molecule has 0 bridgehead atoms. The molecular weight excluding hydrogens is 280 g/mol. The Labute approximate surface area is 123 Å². The first-order valence-electron chi connectivity index (χ1n) is 6.61. The minimum atomic E-state index is -0.211. The molecule has 1 aromatic rings. The molecular formula is C14H19ClN2O3. The summed E-state index contributed by atoms with van der Waals surface area (Å²) < 4.78 is 10.5. The molecule has 1 saturated heterocycles. The normalized spacial score (nSPS) is 21.8. The quantitative estimate of drug-likeness (QED) is 0.872. The average molecular weight is 299 g/mol. The number of anilines is 1. The SMILES string of the molecule is CCNC1COCC1C(=O)Nc1cc(OC)ccc1Cl. The summed E-state index contributed by atoms with van der Waals surface area (Å²) in [6.07, 6.45) is 0. The van der Waals surface area contributed by atoms with Gasteiger partial charge < -0.3 is 20.1 Å². The van der Waals surface area contributed by atoms with E-state index in [9.17, 15) is 4.79 Å². The zero-order valence-corrected chi connectivity index (χ0v) is 12.4. The highest BCUT2D eigenvalue weighted by atomic mass is 35.5. The second-order valence-corrected chi connectivity index (χ2v) is 5.05. The molecule has 2 unspecified atom stereocenters. The van der Waals surface area contributed by atoms with E-state index in [0.29, 0.717) is 29.7 Å². The van der Waals surface area contributed by atoms with Crippen molar-refractivity contribution in [1.82, 2.24) is 5.32 Å². The zero-order chi connectivity index (χ0) is 14.5. The second kappa shape index (κ2) is 6.92. The highest BCUT2D eigenvalue weighted by molar-refractivity contribution is 6.33. The van der Waals surface area contributed by atoms with Crippen LogP contribution in [-0.2, 0) is 9.53 Å². The molecule has 2 rings (SSSR count). The van der Waals surface area contributed by atoms with Crippen molar-refractivity contribution in [2.24, 2.45) is 5.92 Å². The van der Waals surface area contributed by atoms with Crippen LogP contribution >= 0.6 is 11.6 Å². The van der Waals surface area contributed by atoms with Crippen molar-refractivity contribution >= 4 is 23.2 Å². The molecule has 0 spiro atoms. The molecule has 110 valence electrons. The molecule has 5 nitrogen and oxygen atoms in total. The Morgan fingerprint density at radius 1 is 1.50 bits per heavy atom. The molecule has 1 aromatic carbocycles. The number of rotatable bonds is 5. The summed E-state index contributed by atoms with van der Waals surface area (Å²) in [6.45, 7) is 3.78. The van der Waals surface area contributed by atoms with Gasteiger partial charge >= 0.3 is 0 Å². The fraction of sp³-hybridized carbons (Fsp3) is 0.500. The topological polar surface area (TPSA) is 59.6 Å². The zero-order valence-electron chi connectivity index (χ0n) is 11.6. The van der Waals surface area contributed by atoms with E-state index in [1.54, 1.807) is 25.3 Å². The summed E-state index contributed by atoms with van der Waals surface area (Å²) in [5.41, 5.74) is 0.554. The van der Waals surface area contributed by atoms with E-state index in [2.05, 4.69) is 10.6 Å². The number of hydrogen-bond acceptors (Lipinski definition) is 4. The van der Waals surface area contributed by atoms with Crippen LogP contribution in [0.2, 0.25) is 5.02 Å². The monoisotopic (exact) mass is 298 g/mol. The van der Waals surface area contributed by atoms with E-state index >= 15 is 0 Å². The van der Waals surface area contributed by atoms with Gasteiger partial charge in [0.05, 0.1) is 37.0 Å². The number of carbonyl (C=O) groups excluding carboxylic acids is 1. The first-order valence-corrected chi connectivity index (χ1v) is 6.99. The van der Waals surface area contributed by atoms with Crippen molar-refractivity contribution in [1.29, 1.82) is 0 Å². The molecule has 0 radical (unpaired) electrons. The smallest absolute Gasteiger partial charge is 0.231 e. The molecule has 0 aliphatic carbocycles. The van der Waals surface area contributed by atoms with Gasteiger partial charge in [0.1, 0.15) is 5.75 Å². The Kier molecular flexibility index (Phi) is 5.23. The maximum atomic E-state index is 12.3. The molecule has 1 heterocycles.